The maximum absolute atomic E-state index is 14.7. The van der Waals surface area contributed by atoms with E-state index in [9.17, 15) is 4.79 Å². The molecule has 0 unspecified atom stereocenters. The maximum Gasteiger partial charge on any atom is 0.232 e. The van der Waals surface area contributed by atoms with Crippen LogP contribution in [0.15, 0.2) is 48.5 Å². The van der Waals surface area contributed by atoms with E-state index in [1.807, 2.05) is 0 Å². The zero-order chi connectivity index (χ0) is 25.4. The molecule has 2 heterocycles. The molecular weight excluding hydrogens is 454 g/mol. The molecule has 198 valence electrons. The number of piperidine rings is 1. The SMILES string of the molecule is C[NH+](C)c1cccc2c1CCC[C@]21C[NH2+]C[C@H]1C(=O)N1CC[C@@H](c2ccccc2)C[C@H]1C1CCCCC1. The van der Waals surface area contributed by atoms with Crippen LogP contribution >= 0.6 is 0 Å². The van der Waals surface area contributed by atoms with E-state index in [1.165, 1.54) is 65.8 Å². The van der Waals surface area contributed by atoms with Crippen molar-refractivity contribution in [1.82, 2.24) is 4.90 Å². The van der Waals surface area contributed by atoms with Crippen LogP contribution in [0.25, 0.3) is 0 Å². The first kappa shape index (κ1) is 25.1. The highest BCUT2D eigenvalue weighted by molar-refractivity contribution is 5.82. The third-order valence-electron chi connectivity index (χ3n) is 10.6. The third-order valence-corrected chi connectivity index (χ3v) is 10.6. The molecule has 2 aromatic carbocycles. The van der Waals surface area contributed by atoms with Gasteiger partial charge >= 0.3 is 0 Å². The number of amides is 1. The number of likely N-dealkylation sites (tertiary alicyclic amines) is 1. The lowest BCUT2D eigenvalue weighted by molar-refractivity contribution is -0.786. The summed E-state index contributed by atoms with van der Waals surface area (Å²) in [7, 11) is 4.48. The van der Waals surface area contributed by atoms with Crippen LogP contribution < -0.4 is 10.2 Å². The Morgan fingerprint density at radius 2 is 1.78 bits per heavy atom. The second-order valence-corrected chi connectivity index (χ2v) is 12.8. The molecule has 3 N–H and O–H groups in total. The van der Waals surface area contributed by atoms with Crippen LogP contribution in [-0.2, 0) is 16.6 Å². The molecule has 2 aromatic rings. The smallest absolute Gasteiger partial charge is 0.232 e. The fourth-order valence-electron chi connectivity index (χ4n) is 8.76. The molecular formula is C33H47N3O+2. The van der Waals surface area contributed by atoms with Crippen LogP contribution in [-0.4, -0.2) is 50.6 Å². The van der Waals surface area contributed by atoms with Crippen molar-refractivity contribution in [2.75, 3.05) is 33.7 Å². The number of hydrogen-bond acceptors (Lipinski definition) is 1. The quantitative estimate of drug-likeness (QED) is 0.661. The summed E-state index contributed by atoms with van der Waals surface area (Å²) in [6, 6.07) is 18.5. The molecule has 0 radical (unpaired) electrons. The van der Waals surface area contributed by atoms with Crippen molar-refractivity contribution in [2.45, 2.75) is 81.6 Å². The number of nitrogens with two attached hydrogens (primary N) is 1. The zero-order valence-corrected chi connectivity index (χ0v) is 23.1. The van der Waals surface area contributed by atoms with Crippen molar-refractivity contribution < 1.29 is 15.0 Å². The van der Waals surface area contributed by atoms with Gasteiger partial charge in [-0.15, -0.1) is 0 Å². The lowest BCUT2D eigenvalue weighted by Crippen LogP contribution is -3.00. The van der Waals surface area contributed by atoms with Crippen molar-refractivity contribution in [2.24, 2.45) is 11.8 Å². The van der Waals surface area contributed by atoms with Crippen molar-refractivity contribution in [1.29, 1.82) is 0 Å². The first-order chi connectivity index (χ1) is 18.1. The summed E-state index contributed by atoms with van der Waals surface area (Å²) >= 11 is 0. The van der Waals surface area contributed by atoms with Gasteiger partial charge in [-0.1, -0.05) is 61.7 Å². The number of carbonyl (C=O) groups is 1. The molecule has 1 saturated carbocycles. The van der Waals surface area contributed by atoms with Crippen LogP contribution in [0.5, 0.6) is 0 Å². The minimum atomic E-state index is 0.00349. The average Bonchev–Trinajstić information content (AvgIpc) is 3.37. The van der Waals surface area contributed by atoms with E-state index < -0.39 is 0 Å². The molecule has 4 nitrogen and oxygen atoms in total. The van der Waals surface area contributed by atoms with Gasteiger partial charge in [-0.3, -0.25) is 4.79 Å². The molecule has 1 amide bonds. The monoisotopic (exact) mass is 501 g/mol. The van der Waals surface area contributed by atoms with Crippen molar-refractivity contribution in [3.8, 4) is 0 Å². The van der Waals surface area contributed by atoms with Gasteiger partial charge in [0, 0.05) is 18.2 Å². The summed E-state index contributed by atoms with van der Waals surface area (Å²) in [4.78, 5) is 18.5. The van der Waals surface area contributed by atoms with E-state index >= 15 is 0 Å². The highest BCUT2D eigenvalue weighted by atomic mass is 16.2. The largest absolute Gasteiger partial charge is 0.345 e. The minimum Gasteiger partial charge on any atom is -0.345 e. The Bertz CT molecular complexity index is 1090. The topological polar surface area (TPSA) is 41.4 Å². The Morgan fingerprint density at radius 3 is 2.57 bits per heavy atom. The lowest BCUT2D eigenvalue weighted by Gasteiger charge is -2.47. The van der Waals surface area contributed by atoms with Gasteiger partial charge in [0.05, 0.1) is 32.6 Å². The van der Waals surface area contributed by atoms with E-state index in [2.05, 4.69) is 72.8 Å². The molecule has 2 saturated heterocycles. The minimum absolute atomic E-state index is 0.00349. The van der Waals surface area contributed by atoms with Gasteiger partial charge in [-0.2, -0.15) is 0 Å². The number of carbonyl (C=O) groups excluding carboxylic acids is 1. The van der Waals surface area contributed by atoms with E-state index in [1.54, 1.807) is 0 Å². The molecule has 3 fully saturated rings. The number of hydrogen-bond donors (Lipinski definition) is 2. The number of nitrogens with zero attached hydrogens (tertiary/aromatic N) is 1. The lowest BCUT2D eigenvalue weighted by atomic mass is 9.63. The average molecular weight is 502 g/mol. The molecule has 6 rings (SSSR count). The van der Waals surface area contributed by atoms with Crippen molar-refractivity contribution in [3.63, 3.8) is 0 Å². The van der Waals surface area contributed by atoms with Crippen LogP contribution in [0, 0.1) is 11.8 Å². The molecule has 0 aromatic heterocycles. The molecule has 1 spiro atoms. The highest BCUT2D eigenvalue weighted by Crippen LogP contribution is 2.47. The number of nitrogens with one attached hydrogen (secondary N) is 1. The first-order valence-corrected chi connectivity index (χ1v) is 15.2. The molecule has 2 aliphatic carbocycles. The van der Waals surface area contributed by atoms with Gasteiger partial charge in [0.1, 0.15) is 11.6 Å². The molecule has 0 bridgehead atoms. The van der Waals surface area contributed by atoms with Crippen molar-refractivity contribution in [3.05, 3.63) is 65.2 Å². The Labute approximate surface area is 223 Å². The molecule has 37 heavy (non-hydrogen) atoms. The van der Waals surface area contributed by atoms with Gasteiger partial charge in [0.2, 0.25) is 5.91 Å². The molecule has 4 atom stereocenters. The highest BCUT2D eigenvalue weighted by Gasteiger charge is 2.55. The molecule has 4 aliphatic rings. The van der Waals surface area contributed by atoms with E-state index in [0.717, 1.165) is 45.3 Å². The second-order valence-electron chi connectivity index (χ2n) is 12.8. The van der Waals surface area contributed by atoms with Gasteiger partial charge in [-0.05, 0) is 74.0 Å². The summed E-state index contributed by atoms with van der Waals surface area (Å²) in [5, 5.41) is 2.46. The Kier molecular flexibility index (Phi) is 7.15. The Morgan fingerprint density at radius 1 is 0.973 bits per heavy atom. The Balaban J connectivity index is 1.32. The predicted molar refractivity (Wildman–Crippen MR) is 149 cm³/mol. The van der Waals surface area contributed by atoms with E-state index in [-0.39, 0.29) is 11.3 Å². The predicted octanol–water partition coefficient (Wildman–Crippen LogP) is 3.59. The number of benzene rings is 2. The molecule has 4 heteroatoms. The fourth-order valence-corrected chi connectivity index (χ4v) is 8.76. The molecule has 2 aliphatic heterocycles. The summed E-state index contributed by atoms with van der Waals surface area (Å²) in [6.45, 7) is 2.95. The van der Waals surface area contributed by atoms with E-state index in [0.29, 0.717) is 23.8 Å². The maximum atomic E-state index is 14.7. The van der Waals surface area contributed by atoms with Crippen LogP contribution in [0.3, 0.4) is 0 Å². The van der Waals surface area contributed by atoms with Crippen molar-refractivity contribution >= 4 is 11.6 Å². The number of quaternary nitrogens is 2. The third kappa shape index (κ3) is 4.55. The number of fused-ring (bicyclic) bond motifs is 2. The number of rotatable bonds is 4. The van der Waals surface area contributed by atoms with Gasteiger partial charge in [0.15, 0.2) is 0 Å². The normalized spacial score (nSPS) is 30.6. The Hall–Kier alpha value is -2.17. The van der Waals surface area contributed by atoms with Crippen LogP contribution in [0.2, 0.25) is 0 Å². The summed E-state index contributed by atoms with van der Waals surface area (Å²) < 4.78 is 0. The van der Waals surface area contributed by atoms with Crippen LogP contribution in [0.4, 0.5) is 5.69 Å². The van der Waals surface area contributed by atoms with Gasteiger partial charge in [-0.25, -0.2) is 0 Å². The van der Waals surface area contributed by atoms with Crippen LogP contribution in [0.1, 0.15) is 80.4 Å². The summed E-state index contributed by atoms with van der Waals surface area (Å²) in [6.07, 6.45) is 12.4. The summed E-state index contributed by atoms with van der Waals surface area (Å²) in [5.74, 6) is 1.85. The second kappa shape index (κ2) is 10.5. The van der Waals surface area contributed by atoms with Gasteiger partial charge in [0.25, 0.3) is 0 Å². The summed E-state index contributed by atoms with van der Waals surface area (Å²) in [5.41, 5.74) is 5.94. The van der Waals surface area contributed by atoms with E-state index in [4.69, 9.17) is 0 Å². The first-order valence-electron chi connectivity index (χ1n) is 15.2. The standard InChI is InChI=1S/C33H45N3O/c1-35(2)30-17-9-16-28-27(30)15-10-19-33(28)23-34-22-29(33)32(37)36-20-18-26(24-11-5-3-6-12-24)21-31(36)25-13-7-4-8-14-25/h3,5-6,9,11-12,16-17,25-26,29,31,34H,4,7-8,10,13-15,18-23H2,1-2H3/p+2/t26-,29+,31+,33+/m1/s1. The fraction of sp³-hybridized carbons (Fsp3) is 0.606. The van der Waals surface area contributed by atoms with Gasteiger partial charge < -0.3 is 15.1 Å². The zero-order valence-electron chi connectivity index (χ0n) is 23.1.